The summed E-state index contributed by atoms with van der Waals surface area (Å²) >= 11 is 5.94. The molecule has 2 aromatic rings. The molecule has 4 fully saturated rings. The number of piperidine rings is 1. The van der Waals surface area contributed by atoms with Crippen molar-refractivity contribution in [2.75, 3.05) is 37.7 Å². The summed E-state index contributed by atoms with van der Waals surface area (Å²) in [6.45, 7) is 2.33. The Morgan fingerprint density at radius 3 is 2.97 bits per heavy atom. The molecule has 2 aromatic heterocycles. The molecule has 1 N–H and O–H groups in total. The highest BCUT2D eigenvalue weighted by Gasteiger charge is 2.51. The van der Waals surface area contributed by atoms with Crippen molar-refractivity contribution in [3.05, 3.63) is 17.2 Å². The van der Waals surface area contributed by atoms with Crippen molar-refractivity contribution in [2.24, 2.45) is 11.3 Å². The number of halogens is 3. The van der Waals surface area contributed by atoms with Gasteiger partial charge >= 0.3 is 12.0 Å². The smallest absolute Gasteiger partial charge is 0.319 e. The first-order valence-electron chi connectivity index (χ1n) is 11.8. The lowest BCUT2D eigenvalue weighted by atomic mass is 9.82. The third-order valence-corrected chi connectivity index (χ3v) is 8.53. The maximum atomic E-state index is 15.0. The summed E-state index contributed by atoms with van der Waals surface area (Å²) in [5.74, 6) is -0.971. The summed E-state index contributed by atoms with van der Waals surface area (Å²) in [5, 5.41) is 9.99. The molecule has 8 nitrogen and oxygen atoms in total. The van der Waals surface area contributed by atoms with Crippen molar-refractivity contribution >= 4 is 34.3 Å². The van der Waals surface area contributed by atoms with Gasteiger partial charge in [-0.1, -0.05) is 11.6 Å². The van der Waals surface area contributed by atoms with E-state index in [1.165, 1.54) is 6.20 Å². The summed E-state index contributed by atoms with van der Waals surface area (Å²) in [5.41, 5.74) is -1.26. The number of anilines is 1. The number of hydrogen-bond acceptors (Lipinski definition) is 7. The summed E-state index contributed by atoms with van der Waals surface area (Å²) in [7, 11) is 0. The lowest BCUT2D eigenvalue weighted by molar-refractivity contribution is -0.148. The van der Waals surface area contributed by atoms with Crippen LogP contribution in [0.25, 0.3) is 10.9 Å². The normalized spacial score (nSPS) is 33.0. The Morgan fingerprint density at radius 1 is 1.29 bits per heavy atom. The van der Waals surface area contributed by atoms with E-state index < -0.39 is 28.9 Å². The number of ether oxygens (including phenoxy) is 1. The minimum atomic E-state index is -0.893. The molecule has 4 atom stereocenters. The standard InChI is InChI=1S/C23H26ClF2N5O3/c24-18-16(26)17-15(8-27-18)19(30-9-13-2-4-22(6-13,11-30)20(32)33)29-21(28-17)34-12-23-3-1-5-31(23)10-14(25)7-23/h8,13-14H,1-7,9-12H2,(H,32,33)/t13?,14-,22?,23+/m1/s1. The molecule has 182 valence electrons. The highest BCUT2D eigenvalue weighted by molar-refractivity contribution is 6.30. The summed E-state index contributed by atoms with van der Waals surface area (Å²) < 4.78 is 35.2. The topological polar surface area (TPSA) is 91.7 Å². The second kappa shape index (κ2) is 7.84. The molecule has 2 unspecified atom stereocenters. The van der Waals surface area contributed by atoms with Gasteiger partial charge < -0.3 is 14.7 Å². The Balaban J connectivity index is 1.37. The van der Waals surface area contributed by atoms with Crippen LogP contribution in [-0.2, 0) is 4.79 Å². The Morgan fingerprint density at radius 2 is 2.15 bits per heavy atom. The van der Waals surface area contributed by atoms with Crippen molar-refractivity contribution < 1.29 is 23.4 Å². The van der Waals surface area contributed by atoms with Crippen LogP contribution in [0.15, 0.2) is 6.20 Å². The van der Waals surface area contributed by atoms with Gasteiger partial charge in [-0.25, -0.2) is 13.8 Å². The van der Waals surface area contributed by atoms with E-state index in [-0.39, 0.29) is 35.7 Å². The zero-order chi connectivity index (χ0) is 23.7. The summed E-state index contributed by atoms with van der Waals surface area (Å²) in [6, 6.07) is -0.0190. The molecule has 11 heteroatoms. The Kier molecular flexibility index (Phi) is 5.11. The van der Waals surface area contributed by atoms with Crippen molar-refractivity contribution in [3.63, 3.8) is 0 Å². The van der Waals surface area contributed by atoms with Crippen LogP contribution in [0.5, 0.6) is 6.01 Å². The van der Waals surface area contributed by atoms with E-state index in [0.717, 1.165) is 25.8 Å². The van der Waals surface area contributed by atoms with E-state index in [4.69, 9.17) is 16.3 Å². The number of alkyl halides is 1. The lowest BCUT2D eigenvalue weighted by Crippen LogP contribution is -2.47. The first kappa shape index (κ1) is 22.2. The van der Waals surface area contributed by atoms with Crippen LogP contribution in [0.3, 0.4) is 0 Å². The molecule has 1 aliphatic carbocycles. The number of aliphatic carboxylic acids is 1. The van der Waals surface area contributed by atoms with Crippen LogP contribution in [-0.4, -0.2) is 75.4 Å². The number of carboxylic acids is 1. The fourth-order valence-corrected chi connectivity index (χ4v) is 6.79. The molecule has 5 heterocycles. The van der Waals surface area contributed by atoms with E-state index in [9.17, 15) is 18.7 Å². The van der Waals surface area contributed by atoms with Crippen molar-refractivity contribution in [2.45, 2.75) is 50.2 Å². The van der Waals surface area contributed by atoms with Crippen LogP contribution in [0, 0.1) is 17.2 Å². The minimum Gasteiger partial charge on any atom is -0.481 e. The Labute approximate surface area is 200 Å². The van der Waals surface area contributed by atoms with Gasteiger partial charge in [-0.3, -0.25) is 9.69 Å². The Bertz CT molecular complexity index is 1170. The van der Waals surface area contributed by atoms with Gasteiger partial charge in [-0.15, -0.1) is 0 Å². The second-order valence-electron chi connectivity index (χ2n) is 10.4. The predicted octanol–water partition coefficient (Wildman–Crippen LogP) is 3.46. The molecular weight excluding hydrogens is 468 g/mol. The number of pyridine rings is 1. The van der Waals surface area contributed by atoms with E-state index in [2.05, 4.69) is 19.9 Å². The first-order valence-corrected chi connectivity index (χ1v) is 12.2. The number of fused-ring (bicyclic) bond motifs is 4. The van der Waals surface area contributed by atoms with Crippen LogP contribution in [0.4, 0.5) is 14.6 Å². The highest BCUT2D eigenvalue weighted by Crippen LogP contribution is 2.48. The van der Waals surface area contributed by atoms with E-state index in [0.29, 0.717) is 43.6 Å². The lowest BCUT2D eigenvalue weighted by Gasteiger charge is -2.38. The number of carboxylic acid groups (broad SMARTS) is 1. The second-order valence-corrected chi connectivity index (χ2v) is 10.8. The molecule has 6 rings (SSSR count). The van der Waals surface area contributed by atoms with Gasteiger partial charge in [0.15, 0.2) is 11.0 Å². The van der Waals surface area contributed by atoms with Crippen LogP contribution in [0.1, 0.15) is 38.5 Å². The zero-order valence-corrected chi connectivity index (χ0v) is 19.4. The molecule has 3 aliphatic heterocycles. The van der Waals surface area contributed by atoms with E-state index in [1.807, 2.05) is 4.90 Å². The third-order valence-electron chi connectivity index (χ3n) is 8.27. The van der Waals surface area contributed by atoms with Crippen molar-refractivity contribution in [1.29, 1.82) is 0 Å². The average molecular weight is 494 g/mol. The third kappa shape index (κ3) is 3.40. The highest BCUT2D eigenvalue weighted by atomic mass is 35.5. The van der Waals surface area contributed by atoms with Gasteiger partial charge in [0.1, 0.15) is 24.1 Å². The summed E-state index contributed by atoms with van der Waals surface area (Å²) in [6.07, 6.45) is 4.79. The molecule has 2 bridgehead atoms. The van der Waals surface area contributed by atoms with Gasteiger partial charge in [-0.2, -0.15) is 9.97 Å². The number of nitrogens with zero attached hydrogens (tertiary/aromatic N) is 5. The number of hydrogen-bond donors (Lipinski definition) is 1. The summed E-state index contributed by atoms with van der Waals surface area (Å²) in [4.78, 5) is 29.0. The number of rotatable bonds is 5. The quantitative estimate of drug-likeness (QED) is 0.633. The maximum Gasteiger partial charge on any atom is 0.319 e. The van der Waals surface area contributed by atoms with Crippen molar-refractivity contribution in [3.8, 4) is 6.01 Å². The monoisotopic (exact) mass is 493 g/mol. The molecule has 34 heavy (non-hydrogen) atoms. The van der Waals surface area contributed by atoms with Crippen molar-refractivity contribution in [1.82, 2.24) is 19.9 Å². The molecule has 0 aromatic carbocycles. The van der Waals surface area contributed by atoms with Gasteiger partial charge in [0, 0.05) is 32.3 Å². The van der Waals surface area contributed by atoms with E-state index in [1.54, 1.807) is 0 Å². The Hall–Kier alpha value is -2.33. The molecule has 0 radical (unpaired) electrons. The molecule has 0 amide bonds. The number of carbonyl (C=O) groups is 1. The van der Waals surface area contributed by atoms with Crippen LogP contribution in [0.2, 0.25) is 5.15 Å². The molecule has 0 spiro atoms. The molecule has 4 aliphatic rings. The van der Waals surface area contributed by atoms with Gasteiger partial charge in [-0.05, 0) is 44.6 Å². The predicted molar refractivity (Wildman–Crippen MR) is 120 cm³/mol. The van der Waals surface area contributed by atoms with Gasteiger partial charge in [0.25, 0.3) is 0 Å². The zero-order valence-electron chi connectivity index (χ0n) is 18.6. The largest absolute Gasteiger partial charge is 0.481 e. The SMILES string of the molecule is O=C(O)C12CCC(CN(c3nc(OC[C@@]45CCCN4C[C@H](F)C5)nc4c(F)c(Cl)ncc34)C1)C2. The fraction of sp³-hybridized carbons (Fsp3) is 0.652. The first-order chi connectivity index (χ1) is 16.3. The van der Waals surface area contributed by atoms with Crippen LogP contribution < -0.4 is 9.64 Å². The van der Waals surface area contributed by atoms with E-state index >= 15 is 0 Å². The molecular formula is C23H26ClF2N5O3. The minimum absolute atomic E-state index is 0.0159. The number of aromatic nitrogens is 3. The molecule has 3 saturated heterocycles. The maximum absolute atomic E-state index is 15.0. The van der Waals surface area contributed by atoms with Crippen LogP contribution >= 0.6 is 11.6 Å². The molecule has 1 saturated carbocycles. The average Bonchev–Trinajstić information content (AvgIpc) is 3.44. The van der Waals surface area contributed by atoms with Gasteiger partial charge in [0.2, 0.25) is 0 Å². The van der Waals surface area contributed by atoms with Gasteiger partial charge in [0.05, 0.1) is 16.3 Å². The fourth-order valence-electron chi connectivity index (χ4n) is 6.65.